The van der Waals surface area contributed by atoms with Crippen LogP contribution in [0.1, 0.15) is 48.0 Å². The van der Waals surface area contributed by atoms with Crippen molar-refractivity contribution < 1.29 is 13.9 Å². The number of hydrogen-bond acceptors (Lipinski definition) is 4. The van der Waals surface area contributed by atoms with Gasteiger partial charge < -0.3 is 14.5 Å². The summed E-state index contributed by atoms with van der Waals surface area (Å²) in [5, 5.41) is 3.63. The van der Waals surface area contributed by atoms with Crippen LogP contribution in [0.2, 0.25) is 0 Å². The summed E-state index contributed by atoms with van der Waals surface area (Å²) >= 11 is 5.03. The van der Waals surface area contributed by atoms with E-state index in [0.717, 1.165) is 27.1 Å². The lowest BCUT2D eigenvalue weighted by molar-refractivity contribution is 0.0921. The maximum atomic E-state index is 12.5. The van der Waals surface area contributed by atoms with Gasteiger partial charge in [0, 0.05) is 11.4 Å². The molecule has 0 aliphatic rings. The van der Waals surface area contributed by atoms with E-state index in [1.807, 2.05) is 24.3 Å². The lowest BCUT2D eigenvalue weighted by atomic mass is 9.87. The molecule has 0 spiro atoms. The summed E-state index contributed by atoms with van der Waals surface area (Å²) in [4.78, 5) is 13.6. The first kappa shape index (κ1) is 23.5. The van der Waals surface area contributed by atoms with E-state index in [9.17, 15) is 4.79 Å². The number of nitrogens with one attached hydrogen (secondary N) is 1. The van der Waals surface area contributed by atoms with Gasteiger partial charge in [0.1, 0.15) is 5.75 Å². The molecule has 164 valence electrons. The van der Waals surface area contributed by atoms with Gasteiger partial charge in [0.2, 0.25) is 0 Å². The van der Waals surface area contributed by atoms with Gasteiger partial charge in [-0.3, -0.25) is 4.79 Å². The predicted molar refractivity (Wildman–Crippen MR) is 129 cm³/mol. The molecule has 0 atom stereocenters. The molecule has 3 rings (SSSR count). The van der Waals surface area contributed by atoms with Crippen LogP contribution in [0.3, 0.4) is 0 Å². The van der Waals surface area contributed by atoms with Crippen LogP contribution in [-0.4, -0.2) is 19.6 Å². The molecule has 6 heteroatoms. The second kappa shape index (κ2) is 9.96. The number of carbonyl (C=O) groups is 1. The number of amides is 1. The number of rotatable bonds is 7. The lowest BCUT2D eigenvalue weighted by Crippen LogP contribution is -2.25. The Morgan fingerprint density at radius 3 is 2.58 bits per heavy atom. The van der Waals surface area contributed by atoms with E-state index in [4.69, 9.17) is 9.15 Å². The van der Waals surface area contributed by atoms with Crippen molar-refractivity contribution in [2.75, 3.05) is 13.7 Å². The molecule has 0 saturated heterocycles. The van der Waals surface area contributed by atoms with Crippen molar-refractivity contribution in [3.05, 3.63) is 75.5 Å². The van der Waals surface area contributed by atoms with E-state index in [1.165, 1.54) is 11.1 Å². The Labute approximate surface area is 196 Å². The van der Waals surface area contributed by atoms with Crippen molar-refractivity contribution in [3.8, 4) is 5.75 Å². The van der Waals surface area contributed by atoms with Crippen LogP contribution in [0, 0.1) is 6.92 Å². The smallest absolute Gasteiger partial charge is 0.287 e. The maximum absolute atomic E-state index is 12.5. The Morgan fingerprint density at radius 2 is 1.90 bits per heavy atom. The first-order valence-corrected chi connectivity index (χ1v) is 11.8. The molecule has 2 aromatic carbocycles. The molecule has 0 saturated carbocycles. The van der Waals surface area contributed by atoms with E-state index < -0.39 is 0 Å². The summed E-state index contributed by atoms with van der Waals surface area (Å²) in [6.45, 7) is 9.21. The standard InChI is InChI=1S/C25H28BrNO3S/c1-16-6-8-18(25(2,3)4)15-22(16)31-23-11-10-21(30-23)24(28)27-13-12-17-7-9-20(29-5)19(26)14-17/h6-11,14-15H,12-13H2,1-5H3,(H,27,28). The van der Waals surface area contributed by atoms with Gasteiger partial charge in [0.15, 0.2) is 10.9 Å². The zero-order valence-electron chi connectivity index (χ0n) is 18.5. The van der Waals surface area contributed by atoms with Gasteiger partial charge >= 0.3 is 0 Å². The Morgan fingerprint density at radius 1 is 1.13 bits per heavy atom. The summed E-state index contributed by atoms with van der Waals surface area (Å²) in [5.41, 5.74) is 3.65. The van der Waals surface area contributed by atoms with Crippen molar-refractivity contribution in [2.24, 2.45) is 0 Å². The summed E-state index contributed by atoms with van der Waals surface area (Å²) in [7, 11) is 1.64. The molecule has 1 aromatic heterocycles. The number of methoxy groups -OCH3 is 1. The molecule has 0 fully saturated rings. The third-order valence-electron chi connectivity index (χ3n) is 4.99. The zero-order valence-corrected chi connectivity index (χ0v) is 20.9. The number of ether oxygens (including phenoxy) is 1. The Hall–Kier alpha value is -2.18. The van der Waals surface area contributed by atoms with Crippen LogP contribution in [-0.2, 0) is 11.8 Å². The molecule has 1 heterocycles. The Bertz CT molecular complexity index is 1070. The van der Waals surface area contributed by atoms with Crippen LogP contribution in [0.5, 0.6) is 5.75 Å². The monoisotopic (exact) mass is 501 g/mol. The SMILES string of the molecule is COc1ccc(CCNC(=O)c2ccc(Sc3cc(C(C)(C)C)ccc3C)o2)cc1Br. The van der Waals surface area contributed by atoms with Crippen LogP contribution in [0.25, 0.3) is 0 Å². The van der Waals surface area contributed by atoms with Gasteiger partial charge in [0.25, 0.3) is 5.91 Å². The first-order valence-electron chi connectivity index (χ1n) is 10.2. The number of benzene rings is 2. The highest BCUT2D eigenvalue weighted by atomic mass is 79.9. The molecule has 31 heavy (non-hydrogen) atoms. The topological polar surface area (TPSA) is 51.5 Å². The van der Waals surface area contributed by atoms with E-state index in [2.05, 4.69) is 67.1 Å². The molecule has 1 N–H and O–H groups in total. The highest BCUT2D eigenvalue weighted by molar-refractivity contribution is 9.10. The van der Waals surface area contributed by atoms with Crippen LogP contribution in [0.15, 0.2) is 67.4 Å². The zero-order chi connectivity index (χ0) is 22.6. The molecule has 0 aliphatic carbocycles. The normalized spacial score (nSPS) is 11.4. The molecule has 3 aromatic rings. The minimum atomic E-state index is -0.209. The Balaban J connectivity index is 1.59. The number of hydrogen-bond donors (Lipinski definition) is 1. The number of halogens is 1. The summed E-state index contributed by atoms with van der Waals surface area (Å²) in [5.74, 6) is 0.902. The van der Waals surface area contributed by atoms with Crippen molar-refractivity contribution in [3.63, 3.8) is 0 Å². The average Bonchev–Trinajstić information content (AvgIpc) is 3.17. The molecule has 4 nitrogen and oxygen atoms in total. The third kappa shape index (κ3) is 6.17. The molecule has 0 bridgehead atoms. The van der Waals surface area contributed by atoms with Gasteiger partial charge in [-0.1, -0.05) is 50.7 Å². The van der Waals surface area contributed by atoms with Crippen molar-refractivity contribution in [1.29, 1.82) is 0 Å². The highest BCUT2D eigenvalue weighted by Gasteiger charge is 2.17. The van der Waals surface area contributed by atoms with Crippen molar-refractivity contribution >= 4 is 33.6 Å². The number of aryl methyl sites for hydroxylation is 1. The van der Waals surface area contributed by atoms with Gasteiger partial charge in [-0.15, -0.1) is 0 Å². The van der Waals surface area contributed by atoms with Crippen molar-refractivity contribution in [1.82, 2.24) is 5.32 Å². The first-order chi connectivity index (χ1) is 14.7. The quantitative estimate of drug-likeness (QED) is 0.387. The minimum absolute atomic E-state index is 0.0801. The van der Waals surface area contributed by atoms with E-state index >= 15 is 0 Å². The van der Waals surface area contributed by atoms with Crippen LogP contribution >= 0.6 is 27.7 Å². The average molecular weight is 502 g/mol. The predicted octanol–water partition coefficient (Wildman–Crippen LogP) is 6.78. The molecule has 0 unspecified atom stereocenters. The fourth-order valence-electron chi connectivity index (χ4n) is 3.05. The van der Waals surface area contributed by atoms with E-state index in [1.54, 1.807) is 24.9 Å². The second-order valence-electron chi connectivity index (χ2n) is 8.43. The van der Waals surface area contributed by atoms with Gasteiger partial charge in [-0.05, 0) is 81.7 Å². The van der Waals surface area contributed by atoms with Crippen LogP contribution in [0.4, 0.5) is 0 Å². The summed E-state index contributed by atoms with van der Waals surface area (Å²) < 4.78 is 12.0. The fraction of sp³-hybridized carbons (Fsp3) is 0.320. The largest absolute Gasteiger partial charge is 0.496 e. The van der Waals surface area contributed by atoms with Gasteiger partial charge in [-0.25, -0.2) is 0 Å². The fourth-order valence-corrected chi connectivity index (χ4v) is 4.54. The van der Waals surface area contributed by atoms with Crippen LogP contribution < -0.4 is 10.1 Å². The van der Waals surface area contributed by atoms with E-state index in [-0.39, 0.29) is 11.3 Å². The lowest BCUT2D eigenvalue weighted by Gasteiger charge is -2.20. The third-order valence-corrected chi connectivity index (χ3v) is 6.69. The molecule has 0 aliphatic heterocycles. The van der Waals surface area contributed by atoms with E-state index in [0.29, 0.717) is 17.4 Å². The summed E-state index contributed by atoms with van der Waals surface area (Å²) in [6, 6.07) is 16.0. The minimum Gasteiger partial charge on any atom is -0.496 e. The molecule has 1 amide bonds. The number of furan rings is 1. The Kier molecular flexibility index (Phi) is 7.55. The van der Waals surface area contributed by atoms with Crippen molar-refractivity contribution in [2.45, 2.75) is 49.5 Å². The molecule has 0 radical (unpaired) electrons. The van der Waals surface area contributed by atoms with Gasteiger partial charge in [0.05, 0.1) is 11.6 Å². The summed E-state index contributed by atoms with van der Waals surface area (Å²) in [6.07, 6.45) is 0.718. The number of carbonyl (C=O) groups excluding carboxylic acids is 1. The maximum Gasteiger partial charge on any atom is 0.287 e. The molecular weight excluding hydrogens is 474 g/mol. The second-order valence-corrected chi connectivity index (χ2v) is 10.3. The van der Waals surface area contributed by atoms with Gasteiger partial charge in [-0.2, -0.15) is 0 Å². The molecular formula is C25H28BrNO3S. The highest BCUT2D eigenvalue weighted by Crippen LogP contribution is 2.35.